The van der Waals surface area contributed by atoms with Gasteiger partial charge in [0.1, 0.15) is 0 Å². The summed E-state index contributed by atoms with van der Waals surface area (Å²) in [7, 11) is 6.08. The molecule has 0 aliphatic carbocycles. The van der Waals surface area contributed by atoms with Gasteiger partial charge in [-0.3, -0.25) is 5.26 Å². The van der Waals surface area contributed by atoms with E-state index in [-0.39, 0.29) is 0 Å². The Morgan fingerprint density at radius 2 is 1.73 bits per heavy atom. The van der Waals surface area contributed by atoms with Crippen LogP contribution in [0.3, 0.4) is 0 Å². The molecular formula is C7H18N2O2. The lowest BCUT2D eigenvalue weighted by Crippen LogP contribution is -2.30. The number of hydrogen-bond donors (Lipinski definition) is 1. The molecule has 4 nitrogen and oxygen atoms in total. The first-order chi connectivity index (χ1) is 5.16. The minimum absolute atomic E-state index is 0.379. The van der Waals surface area contributed by atoms with Crippen molar-refractivity contribution in [2.75, 3.05) is 47.4 Å². The van der Waals surface area contributed by atoms with E-state index in [9.17, 15) is 0 Å². The lowest BCUT2D eigenvalue weighted by molar-refractivity contribution is -0.243. The maximum atomic E-state index is 8.06. The summed E-state index contributed by atoms with van der Waals surface area (Å²) in [5.74, 6) is 0. The van der Waals surface area contributed by atoms with E-state index in [1.165, 1.54) is 0 Å². The van der Waals surface area contributed by atoms with Crippen LogP contribution in [0.15, 0.2) is 0 Å². The summed E-state index contributed by atoms with van der Waals surface area (Å²) in [4.78, 5) is 8.19. The molecule has 1 N–H and O–H groups in total. The minimum atomic E-state index is 0.379. The Hall–Kier alpha value is -0.160. The normalized spacial score (nSPS) is 11.5. The van der Waals surface area contributed by atoms with Gasteiger partial charge in [-0.15, -0.1) is 0 Å². The van der Waals surface area contributed by atoms with E-state index in [0.717, 1.165) is 19.6 Å². The zero-order valence-corrected chi connectivity index (χ0v) is 7.58. The van der Waals surface area contributed by atoms with E-state index in [1.54, 1.807) is 0 Å². The fourth-order valence-electron chi connectivity index (χ4n) is 0.679. The number of nitrogens with zero attached hydrogens (tertiary/aromatic N) is 2. The molecule has 4 heteroatoms. The molecule has 0 bridgehead atoms. The molecule has 0 atom stereocenters. The fourth-order valence-corrected chi connectivity index (χ4v) is 0.679. The van der Waals surface area contributed by atoms with E-state index in [2.05, 4.69) is 14.7 Å². The Kier molecular flexibility index (Phi) is 6.45. The van der Waals surface area contributed by atoms with Gasteiger partial charge in [0.05, 0.1) is 6.61 Å². The predicted octanol–water partition coefficient (Wildman–Crippen LogP) is -0.0306. The second kappa shape index (κ2) is 6.54. The Labute approximate surface area is 68.3 Å². The molecule has 0 aromatic rings. The largest absolute Gasteiger partial charge is 0.308 e. The summed E-state index contributed by atoms with van der Waals surface area (Å²) >= 11 is 0. The van der Waals surface area contributed by atoms with Crippen molar-refractivity contribution < 1.29 is 10.1 Å². The van der Waals surface area contributed by atoms with Crippen LogP contribution in [-0.2, 0) is 4.89 Å². The molecule has 0 rings (SSSR count). The van der Waals surface area contributed by atoms with Crippen molar-refractivity contribution >= 4 is 0 Å². The Morgan fingerprint density at radius 3 is 2.18 bits per heavy atom. The minimum Gasteiger partial charge on any atom is -0.308 e. The van der Waals surface area contributed by atoms with Gasteiger partial charge in [-0.2, -0.15) is 0 Å². The second-order valence-electron chi connectivity index (χ2n) is 2.94. The monoisotopic (exact) mass is 162 g/mol. The molecule has 0 saturated heterocycles. The zero-order chi connectivity index (χ0) is 8.69. The summed E-state index contributed by atoms with van der Waals surface area (Å²) in [6, 6.07) is 0. The summed E-state index contributed by atoms with van der Waals surface area (Å²) < 4.78 is 0. The van der Waals surface area contributed by atoms with E-state index >= 15 is 0 Å². The second-order valence-corrected chi connectivity index (χ2v) is 2.94. The van der Waals surface area contributed by atoms with Gasteiger partial charge in [0, 0.05) is 19.6 Å². The molecule has 68 valence electrons. The molecule has 0 saturated carbocycles. The van der Waals surface area contributed by atoms with Crippen molar-refractivity contribution in [3.8, 4) is 0 Å². The lowest BCUT2D eigenvalue weighted by atomic mass is 10.5. The fraction of sp³-hybridized carbons (Fsp3) is 1.00. The maximum Gasteiger partial charge on any atom is 0.0946 e. The first kappa shape index (κ1) is 10.8. The molecule has 0 aromatic carbocycles. The smallest absolute Gasteiger partial charge is 0.0946 e. The SMILES string of the molecule is CN(C)CCN(C)CCOO. The average Bonchev–Trinajstić information content (AvgIpc) is 1.97. The van der Waals surface area contributed by atoms with Gasteiger partial charge in [-0.1, -0.05) is 0 Å². The molecule has 0 unspecified atom stereocenters. The van der Waals surface area contributed by atoms with E-state index in [1.807, 2.05) is 21.1 Å². The molecule has 0 aromatic heterocycles. The molecule has 0 heterocycles. The van der Waals surface area contributed by atoms with Gasteiger partial charge < -0.3 is 9.80 Å². The van der Waals surface area contributed by atoms with Crippen molar-refractivity contribution in [3.63, 3.8) is 0 Å². The molecule has 0 aliphatic heterocycles. The highest BCUT2D eigenvalue weighted by molar-refractivity contribution is 4.52. The van der Waals surface area contributed by atoms with Crippen LogP contribution in [0.2, 0.25) is 0 Å². The molecular weight excluding hydrogens is 144 g/mol. The Balaban J connectivity index is 3.15. The highest BCUT2D eigenvalue weighted by Crippen LogP contribution is 1.83. The third-order valence-electron chi connectivity index (χ3n) is 1.49. The molecule has 0 spiro atoms. The zero-order valence-electron chi connectivity index (χ0n) is 7.58. The quantitative estimate of drug-likeness (QED) is 0.439. The molecule has 11 heavy (non-hydrogen) atoms. The van der Waals surface area contributed by atoms with Crippen LogP contribution in [0.1, 0.15) is 0 Å². The molecule has 0 fully saturated rings. The first-order valence-electron chi connectivity index (χ1n) is 3.76. The Bertz CT molecular complexity index is 88.5. The summed E-state index contributed by atoms with van der Waals surface area (Å²) in [6.45, 7) is 3.17. The maximum absolute atomic E-state index is 8.06. The van der Waals surface area contributed by atoms with Crippen LogP contribution in [0, 0.1) is 0 Å². The van der Waals surface area contributed by atoms with Gasteiger partial charge in [-0.25, -0.2) is 4.89 Å². The van der Waals surface area contributed by atoms with E-state index < -0.39 is 0 Å². The van der Waals surface area contributed by atoms with Crippen LogP contribution in [0.4, 0.5) is 0 Å². The molecule has 0 radical (unpaired) electrons. The predicted molar refractivity (Wildman–Crippen MR) is 44.6 cm³/mol. The van der Waals surface area contributed by atoms with Crippen molar-refractivity contribution in [3.05, 3.63) is 0 Å². The highest BCUT2D eigenvalue weighted by Gasteiger charge is 1.97. The molecule has 0 aliphatic rings. The van der Waals surface area contributed by atoms with Gasteiger partial charge in [-0.05, 0) is 21.1 Å². The Morgan fingerprint density at radius 1 is 1.09 bits per heavy atom. The van der Waals surface area contributed by atoms with Crippen LogP contribution < -0.4 is 0 Å². The topological polar surface area (TPSA) is 35.9 Å². The highest BCUT2D eigenvalue weighted by atomic mass is 17.1. The lowest BCUT2D eigenvalue weighted by Gasteiger charge is -2.17. The first-order valence-corrected chi connectivity index (χ1v) is 3.76. The van der Waals surface area contributed by atoms with Crippen LogP contribution in [-0.4, -0.2) is 62.4 Å². The third kappa shape index (κ3) is 7.74. The number of rotatable bonds is 6. The van der Waals surface area contributed by atoms with Crippen molar-refractivity contribution in [1.29, 1.82) is 0 Å². The summed E-state index contributed by atoms with van der Waals surface area (Å²) in [5.41, 5.74) is 0. The van der Waals surface area contributed by atoms with E-state index in [0.29, 0.717) is 6.61 Å². The number of hydrogen-bond acceptors (Lipinski definition) is 4. The third-order valence-corrected chi connectivity index (χ3v) is 1.49. The van der Waals surface area contributed by atoms with Gasteiger partial charge >= 0.3 is 0 Å². The van der Waals surface area contributed by atoms with E-state index in [4.69, 9.17) is 5.26 Å². The number of likely N-dealkylation sites (N-methyl/N-ethyl adjacent to an activating group) is 2. The average molecular weight is 162 g/mol. The van der Waals surface area contributed by atoms with Crippen LogP contribution in [0.25, 0.3) is 0 Å². The van der Waals surface area contributed by atoms with Crippen molar-refractivity contribution in [1.82, 2.24) is 9.80 Å². The van der Waals surface area contributed by atoms with Crippen LogP contribution >= 0.6 is 0 Å². The van der Waals surface area contributed by atoms with Gasteiger partial charge in [0.2, 0.25) is 0 Å². The van der Waals surface area contributed by atoms with Crippen molar-refractivity contribution in [2.45, 2.75) is 0 Å². The standard InChI is InChI=1S/C7H18N2O2/c1-8(2)4-5-9(3)6-7-11-10/h10H,4-7H2,1-3H3. The molecule has 0 amide bonds. The summed E-state index contributed by atoms with van der Waals surface area (Å²) in [5, 5.41) is 8.06. The van der Waals surface area contributed by atoms with Crippen LogP contribution in [0.5, 0.6) is 0 Å². The van der Waals surface area contributed by atoms with Gasteiger partial charge in [0.25, 0.3) is 0 Å². The summed E-state index contributed by atoms with van der Waals surface area (Å²) in [6.07, 6.45) is 0. The van der Waals surface area contributed by atoms with Gasteiger partial charge in [0.15, 0.2) is 0 Å². The van der Waals surface area contributed by atoms with Crippen molar-refractivity contribution in [2.24, 2.45) is 0 Å².